The van der Waals surface area contributed by atoms with Crippen LogP contribution >= 0.6 is 11.8 Å². The van der Waals surface area contributed by atoms with Gasteiger partial charge in [-0.2, -0.15) is 5.10 Å². The van der Waals surface area contributed by atoms with Gasteiger partial charge in [0.15, 0.2) is 0 Å². The van der Waals surface area contributed by atoms with E-state index >= 15 is 0 Å². The van der Waals surface area contributed by atoms with Crippen LogP contribution in [0.3, 0.4) is 0 Å². The van der Waals surface area contributed by atoms with Crippen molar-refractivity contribution < 1.29 is 9.90 Å². The van der Waals surface area contributed by atoms with Crippen molar-refractivity contribution in [3.8, 4) is 5.75 Å². The van der Waals surface area contributed by atoms with E-state index in [-0.39, 0.29) is 17.4 Å². The zero-order valence-electron chi connectivity index (χ0n) is 13.7. The Bertz CT molecular complexity index is 749. The van der Waals surface area contributed by atoms with Crippen LogP contribution in [0.5, 0.6) is 5.75 Å². The number of aromatic hydroxyl groups is 1. The fourth-order valence-electron chi connectivity index (χ4n) is 1.74. The monoisotopic (exact) mass is 345 g/mol. The first kappa shape index (κ1) is 17.7. The van der Waals surface area contributed by atoms with E-state index in [1.807, 2.05) is 32.0 Å². The molecule has 2 N–H and O–H groups in total. The Kier molecular flexibility index (Phi) is 6.14. The molecule has 0 radical (unpaired) electrons. The summed E-state index contributed by atoms with van der Waals surface area (Å²) in [6.07, 6.45) is 1.40. The van der Waals surface area contributed by atoms with Crippen LogP contribution in [0.15, 0.2) is 40.5 Å². The summed E-state index contributed by atoms with van der Waals surface area (Å²) >= 11 is 1.31. The maximum absolute atomic E-state index is 11.8. The Morgan fingerprint density at radius 1 is 1.38 bits per heavy atom. The molecule has 24 heavy (non-hydrogen) atoms. The summed E-state index contributed by atoms with van der Waals surface area (Å²) in [4.78, 5) is 22.3. The number of carbonyl (C=O) groups is 1. The number of aromatic nitrogens is 2. The van der Waals surface area contributed by atoms with Crippen molar-refractivity contribution in [2.45, 2.75) is 11.9 Å². The van der Waals surface area contributed by atoms with Crippen LogP contribution in [0.4, 0.5) is 5.95 Å². The lowest BCUT2D eigenvalue weighted by Crippen LogP contribution is -2.20. The number of amides is 1. The summed E-state index contributed by atoms with van der Waals surface area (Å²) in [7, 11) is 3.73. The number of phenols is 1. The highest BCUT2D eigenvalue weighted by atomic mass is 32.2. The molecule has 2 rings (SSSR count). The molecule has 8 heteroatoms. The van der Waals surface area contributed by atoms with E-state index in [4.69, 9.17) is 0 Å². The topological polar surface area (TPSA) is 90.7 Å². The van der Waals surface area contributed by atoms with E-state index in [2.05, 4.69) is 20.5 Å². The van der Waals surface area contributed by atoms with Gasteiger partial charge in [-0.15, -0.1) is 0 Å². The van der Waals surface area contributed by atoms with Gasteiger partial charge in [-0.25, -0.2) is 15.4 Å². The molecule has 1 aromatic heterocycles. The molecule has 0 aliphatic heterocycles. The predicted molar refractivity (Wildman–Crippen MR) is 95.7 cm³/mol. The Hall–Kier alpha value is -2.61. The SMILES string of the molecule is Cc1cc(SCC(=O)N/N=C\c2ccccc2O)nc(N(C)C)n1. The molecule has 126 valence electrons. The highest BCUT2D eigenvalue weighted by molar-refractivity contribution is 7.99. The van der Waals surface area contributed by atoms with E-state index in [9.17, 15) is 9.90 Å². The second-order valence-electron chi connectivity index (χ2n) is 5.18. The molecule has 0 saturated carbocycles. The number of aryl methyl sites for hydroxylation is 1. The second-order valence-corrected chi connectivity index (χ2v) is 6.18. The van der Waals surface area contributed by atoms with Crippen LogP contribution < -0.4 is 10.3 Å². The largest absolute Gasteiger partial charge is 0.507 e. The van der Waals surface area contributed by atoms with Crippen LogP contribution in [0.1, 0.15) is 11.3 Å². The van der Waals surface area contributed by atoms with E-state index in [1.54, 1.807) is 24.3 Å². The molecule has 1 amide bonds. The summed E-state index contributed by atoms with van der Waals surface area (Å²) in [6, 6.07) is 8.58. The van der Waals surface area contributed by atoms with Gasteiger partial charge in [-0.1, -0.05) is 23.9 Å². The lowest BCUT2D eigenvalue weighted by molar-refractivity contribution is -0.118. The van der Waals surface area contributed by atoms with Gasteiger partial charge in [0, 0.05) is 25.4 Å². The Morgan fingerprint density at radius 3 is 2.83 bits per heavy atom. The third-order valence-electron chi connectivity index (χ3n) is 2.90. The van der Waals surface area contributed by atoms with Crippen molar-refractivity contribution in [2.75, 3.05) is 24.7 Å². The summed E-state index contributed by atoms with van der Waals surface area (Å²) in [5.74, 6) is 0.643. The van der Waals surface area contributed by atoms with Gasteiger partial charge >= 0.3 is 0 Å². The van der Waals surface area contributed by atoms with E-state index in [0.717, 1.165) is 10.7 Å². The number of anilines is 1. The van der Waals surface area contributed by atoms with Gasteiger partial charge < -0.3 is 10.0 Å². The molecule has 1 heterocycles. The number of hydrogen-bond donors (Lipinski definition) is 2. The minimum Gasteiger partial charge on any atom is -0.507 e. The van der Waals surface area contributed by atoms with Crippen molar-refractivity contribution in [3.63, 3.8) is 0 Å². The van der Waals surface area contributed by atoms with Crippen molar-refractivity contribution in [2.24, 2.45) is 5.10 Å². The number of carbonyl (C=O) groups excluding carboxylic acids is 1. The van der Waals surface area contributed by atoms with Crippen molar-refractivity contribution in [3.05, 3.63) is 41.6 Å². The fourth-order valence-corrected chi connectivity index (χ4v) is 2.48. The Balaban J connectivity index is 1.88. The number of rotatable bonds is 6. The quantitative estimate of drug-likeness (QED) is 0.359. The lowest BCUT2D eigenvalue weighted by Gasteiger charge is -2.11. The Morgan fingerprint density at radius 2 is 2.12 bits per heavy atom. The first-order valence-electron chi connectivity index (χ1n) is 7.21. The van der Waals surface area contributed by atoms with Crippen LogP contribution in [0.25, 0.3) is 0 Å². The predicted octanol–water partition coefficient (Wildman–Crippen LogP) is 1.80. The molecule has 0 atom stereocenters. The lowest BCUT2D eigenvalue weighted by atomic mass is 10.2. The number of nitrogens with zero attached hydrogens (tertiary/aromatic N) is 4. The number of phenolic OH excluding ortho intramolecular Hbond substituents is 1. The molecule has 7 nitrogen and oxygen atoms in total. The normalized spacial score (nSPS) is 10.8. The number of hydrogen-bond acceptors (Lipinski definition) is 7. The summed E-state index contributed by atoms with van der Waals surface area (Å²) in [5.41, 5.74) is 3.80. The van der Waals surface area contributed by atoms with Crippen molar-refractivity contribution >= 4 is 29.8 Å². The molecule has 0 saturated heterocycles. The number of para-hydroxylation sites is 1. The first-order valence-corrected chi connectivity index (χ1v) is 8.20. The molecule has 2 aromatic rings. The smallest absolute Gasteiger partial charge is 0.250 e. The number of nitrogens with one attached hydrogen (secondary N) is 1. The fraction of sp³-hybridized carbons (Fsp3) is 0.250. The third-order valence-corrected chi connectivity index (χ3v) is 3.81. The molecule has 0 spiro atoms. The molecular weight excluding hydrogens is 326 g/mol. The number of benzene rings is 1. The molecule has 0 aliphatic carbocycles. The first-order chi connectivity index (χ1) is 11.5. The standard InChI is InChI=1S/C16H19N5O2S/c1-11-8-15(19-16(18-11)21(2)3)24-10-14(23)20-17-9-12-6-4-5-7-13(12)22/h4-9,22H,10H2,1-3H3,(H,20,23)/b17-9-. The average molecular weight is 345 g/mol. The van der Waals surface area contributed by atoms with Gasteiger partial charge in [0.25, 0.3) is 0 Å². The Labute approximate surface area is 144 Å². The van der Waals surface area contributed by atoms with Crippen LogP contribution in [-0.4, -0.2) is 47.0 Å². The van der Waals surface area contributed by atoms with Gasteiger partial charge in [0.1, 0.15) is 10.8 Å². The van der Waals surface area contributed by atoms with Gasteiger partial charge in [0.2, 0.25) is 11.9 Å². The molecule has 0 unspecified atom stereocenters. The summed E-state index contributed by atoms with van der Waals surface area (Å²) in [6.45, 7) is 1.88. The average Bonchev–Trinajstić information content (AvgIpc) is 2.54. The molecule has 0 aliphatic rings. The van der Waals surface area contributed by atoms with Crippen LogP contribution in [0.2, 0.25) is 0 Å². The minimum absolute atomic E-state index is 0.109. The van der Waals surface area contributed by atoms with E-state index < -0.39 is 0 Å². The second kappa shape index (κ2) is 8.30. The number of thioether (sulfide) groups is 1. The van der Waals surface area contributed by atoms with Gasteiger partial charge in [0.05, 0.1) is 12.0 Å². The van der Waals surface area contributed by atoms with Crippen LogP contribution in [-0.2, 0) is 4.79 Å². The summed E-state index contributed by atoms with van der Waals surface area (Å²) in [5, 5.41) is 14.2. The van der Waals surface area contributed by atoms with Gasteiger partial charge in [-0.3, -0.25) is 4.79 Å². The molecule has 0 fully saturated rings. The third kappa shape index (κ3) is 5.24. The van der Waals surface area contributed by atoms with Gasteiger partial charge in [-0.05, 0) is 25.1 Å². The molecular formula is C16H19N5O2S. The van der Waals surface area contributed by atoms with E-state index in [1.165, 1.54) is 18.0 Å². The maximum Gasteiger partial charge on any atom is 0.250 e. The van der Waals surface area contributed by atoms with Crippen molar-refractivity contribution in [1.29, 1.82) is 0 Å². The maximum atomic E-state index is 11.8. The zero-order chi connectivity index (χ0) is 17.5. The number of hydrazone groups is 1. The summed E-state index contributed by atoms with van der Waals surface area (Å²) < 4.78 is 0. The highest BCUT2D eigenvalue weighted by Crippen LogP contribution is 2.18. The molecule has 0 bridgehead atoms. The zero-order valence-corrected chi connectivity index (χ0v) is 14.5. The van der Waals surface area contributed by atoms with Crippen LogP contribution in [0, 0.1) is 6.92 Å². The van der Waals surface area contributed by atoms with E-state index in [0.29, 0.717) is 11.5 Å². The van der Waals surface area contributed by atoms with Crippen molar-refractivity contribution in [1.82, 2.24) is 15.4 Å². The minimum atomic E-state index is -0.255. The molecule has 1 aromatic carbocycles. The highest BCUT2D eigenvalue weighted by Gasteiger charge is 2.07.